The third-order valence-corrected chi connectivity index (χ3v) is 5.49. The number of nitrogens with zero attached hydrogens (tertiary/aromatic N) is 4. The average Bonchev–Trinajstić information content (AvgIpc) is 3.34. The molecule has 2 aromatic heterocycles. The minimum atomic E-state index is -4.44. The number of fused-ring (bicyclic) bond motifs is 1. The van der Waals surface area contributed by atoms with E-state index in [1.807, 2.05) is 31.2 Å². The SMILES string of the molecule is CCc1ccc(-n2nc(-c3nc(-c4ccc(C(F)(F)F)cc4)no3)c3ccccc3c2=O)cc1. The first kappa shape index (κ1) is 21.6. The van der Waals surface area contributed by atoms with Gasteiger partial charge in [-0.25, -0.2) is 0 Å². The molecule has 5 rings (SSSR count). The van der Waals surface area contributed by atoms with E-state index >= 15 is 0 Å². The average molecular weight is 462 g/mol. The van der Waals surface area contributed by atoms with Crippen LogP contribution in [0.3, 0.4) is 0 Å². The smallest absolute Gasteiger partial charge is 0.332 e. The quantitative estimate of drug-likeness (QED) is 0.343. The van der Waals surface area contributed by atoms with Crippen LogP contribution < -0.4 is 5.56 Å². The Bertz CT molecular complexity index is 1540. The summed E-state index contributed by atoms with van der Waals surface area (Å²) in [5, 5.41) is 9.37. The topological polar surface area (TPSA) is 73.8 Å². The first-order valence-corrected chi connectivity index (χ1v) is 10.5. The summed E-state index contributed by atoms with van der Waals surface area (Å²) in [4.78, 5) is 17.5. The lowest BCUT2D eigenvalue weighted by atomic mass is 10.1. The zero-order valence-corrected chi connectivity index (χ0v) is 17.9. The fourth-order valence-electron chi connectivity index (χ4n) is 3.64. The third-order valence-electron chi connectivity index (χ3n) is 5.49. The van der Waals surface area contributed by atoms with E-state index in [1.165, 1.54) is 16.8 Å². The highest BCUT2D eigenvalue weighted by Crippen LogP contribution is 2.31. The molecule has 6 nitrogen and oxygen atoms in total. The van der Waals surface area contributed by atoms with Crippen LogP contribution in [0.4, 0.5) is 13.2 Å². The van der Waals surface area contributed by atoms with Gasteiger partial charge in [-0.05, 0) is 42.3 Å². The molecule has 9 heteroatoms. The van der Waals surface area contributed by atoms with E-state index in [9.17, 15) is 18.0 Å². The Kier molecular flexibility index (Phi) is 5.24. The zero-order valence-electron chi connectivity index (χ0n) is 17.9. The van der Waals surface area contributed by atoms with E-state index in [0.29, 0.717) is 27.7 Å². The van der Waals surface area contributed by atoms with Crippen molar-refractivity contribution in [1.82, 2.24) is 19.9 Å². The van der Waals surface area contributed by atoms with E-state index in [1.54, 1.807) is 24.3 Å². The maximum atomic E-state index is 13.1. The first-order chi connectivity index (χ1) is 16.3. The van der Waals surface area contributed by atoms with E-state index in [4.69, 9.17) is 4.52 Å². The maximum absolute atomic E-state index is 13.1. The van der Waals surface area contributed by atoms with Crippen molar-refractivity contribution >= 4 is 10.8 Å². The van der Waals surface area contributed by atoms with Gasteiger partial charge in [0, 0.05) is 10.9 Å². The number of aromatic nitrogens is 4. The molecule has 0 atom stereocenters. The lowest BCUT2D eigenvalue weighted by Crippen LogP contribution is -2.22. The number of aryl methyl sites for hydroxylation is 1. The van der Waals surface area contributed by atoms with Crippen molar-refractivity contribution in [2.75, 3.05) is 0 Å². The standard InChI is InChI=1S/C25H17F3N4O2/c1-2-15-7-13-18(14-8-15)32-24(33)20-6-4-3-5-19(20)21(30-32)23-29-22(31-34-23)16-9-11-17(12-10-16)25(26,27)28/h3-14H,2H2,1H3. The van der Waals surface area contributed by atoms with Gasteiger partial charge in [-0.3, -0.25) is 4.79 Å². The highest BCUT2D eigenvalue weighted by atomic mass is 19.4. The van der Waals surface area contributed by atoms with Crippen LogP contribution >= 0.6 is 0 Å². The zero-order chi connectivity index (χ0) is 23.9. The number of alkyl halides is 3. The van der Waals surface area contributed by atoms with E-state index in [-0.39, 0.29) is 17.3 Å². The van der Waals surface area contributed by atoms with Crippen molar-refractivity contribution in [3.63, 3.8) is 0 Å². The van der Waals surface area contributed by atoms with Crippen LogP contribution in [0.25, 0.3) is 39.4 Å². The highest BCUT2D eigenvalue weighted by molar-refractivity contribution is 5.92. The summed E-state index contributed by atoms with van der Waals surface area (Å²) in [5.41, 5.74) is 1.28. The Hall–Kier alpha value is -4.27. The number of benzene rings is 3. The van der Waals surface area contributed by atoms with Crippen LogP contribution in [0.15, 0.2) is 82.1 Å². The van der Waals surface area contributed by atoms with Gasteiger partial charge in [-0.2, -0.15) is 27.9 Å². The molecule has 0 unspecified atom stereocenters. The Morgan fingerprint density at radius 3 is 2.24 bits per heavy atom. The van der Waals surface area contributed by atoms with Crippen molar-refractivity contribution < 1.29 is 17.7 Å². The molecule has 0 amide bonds. The Morgan fingerprint density at radius 2 is 1.59 bits per heavy atom. The van der Waals surface area contributed by atoms with Crippen LogP contribution in [-0.2, 0) is 12.6 Å². The van der Waals surface area contributed by atoms with Crippen molar-refractivity contribution in [3.05, 3.63) is 94.3 Å². The van der Waals surface area contributed by atoms with Gasteiger partial charge in [0.1, 0.15) is 0 Å². The second kappa shape index (κ2) is 8.26. The summed E-state index contributed by atoms with van der Waals surface area (Å²) < 4.78 is 45.3. The van der Waals surface area contributed by atoms with Crippen molar-refractivity contribution in [2.24, 2.45) is 0 Å². The maximum Gasteiger partial charge on any atom is 0.416 e. The molecule has 0 saturated heterocycles. The molecule has 0 bridgehead atoms. The molecule has 0 aliphatic rings. The minimum absolute atomic E-state index is 0.0463. The second-order valence-corrected chi connectivity index (χ2v) is 7.63. The summed E-state index contributed by atoms with van der Waals surface area (Å²) in [5.74, 6) is 0.157. The molecule has 5 aromatic rings. The largest absolute Gasteiger partial charge is 0.416 e. The number of hydrogen-bond donors (Lipinski definition) is 0. The molecule has 2 heterocycles. The van der Waals surface area contributed by atoms with Crippen molar-refractivity contribution in [3.8, 4) is 28.7 Å². The van der Waals surface area contributed by atoms with E-state index in [2.05, 4.69) is 15.2 Å². The summed E-state index contributed by atoms with van der Waals surface area (Å²) >= 11 is 0. The lowest BCUT2D eigenvalue weighted by molar-refractivity contribution is -0.137. The molecule has 34 heavy (non-hydrogen) atoms. The Balaban J connectivity index is 1.62. The summed E-state index contributed by atoms with van der Waals surface area (Å²) in [6, 6.07) is 18.9. The monoisotopic (exact) mass is 462 g/mol. The molecule has 0 spiro atoms. The van der Waals surface area contributed by atoms with Crippen molar-refractivity contribution in [1.29, 1.82) is 0 Å². The predicted molar refractivity (Wildman–Crippen MR) is 120 cm³/mol. The molecule has 0 aliphatic heterocycles. The van der Waals surface area contributed by atoms with Gasteiger partial charge < -0.3 is 4.52 Å². The fraction of sp³-hybridized carbons (Fsp3) is 0.120. The Labute approximate surface area is 191 Å². The van der Waals surface area contributed by atoms with Gasteiger partial charge in [0.15, 0.2) is 5.69 Å². The lowest BCUT2D eigenvalue weighted by Gasteiger charge is -2.09. The third kappa shape index (κ3) is 3.85. The summed E-state index contributed by atoms with van der Waals surface area (Å²) in [6.45, 7) is 2.04. The Morgan fingerprint density at radius 1 is 0.912 bits per heavy atom. The predicted octanol–water partition coefficient (Wildman–Crippen LogP) is 5.68. The van der Waals surface area contributed by atoms with Gasteiger partial charge in [-0.1, -0.05) is 54.5 Å². The molecule has 0 aliphatic carbocycles. The summed E-state index contributed by atoms with van der Waals surface area (Å²) in [7, 11) is 0. The molecule has 0 radical (unpaired) electrons. The van der Waals surface area contributed by atoms with Crippen molar-refractivity contribution in [2.45, 2.75) is 19.5 Å². The molecule has 0 N–H and O–H groups in total. The van der Waals surface area contributed by atoms with Gasteiger partial charge >= 0.3 is 6.18 Å². The number of halogens is 3. The first-order valence-electron chi connectivity index (χ1n) is 10.5. The van der Waals surface area contributed by atoms with Crippen LogP contribution in [0, 0.1) is 0 Å². The van der Waals surface area contributed by atoms with Gasteiger partial charge in [0.25, 0.3) is 11.4 Å². The number of hydrogen-bond acceptors (Lipinski definition) is 5. The van der Waals surface area contributed by atoms with Gasteiger partial charge in [-0.15, -0.1) is 0 Å². The van der Waals surface area contributed by atoms with Crippen LogP contribution in [0.1, 0.15) is 18.1 Å². The highest BCUT2D eigenvalue weighted by Gasteiger charge is 2.30. The molecular weight excluding hydrogens is 445 g/mol. The van der Waals surface area contributed by atoms with Gasteiger partial charge in [0.05, 0.1) is 16.6 Å². The molecule has 0 fully saturated rings. The van der Waals surface area contributed by atoms with Gasteiger partial charge in [0.2, 0.25) is 5.82 Å². The van der Waals surface area contributed by atoms with E-state index < -0.39 is 11.7 Å². The number of rotatable bonds is 4. The molecule has 170 valence electrons. The second-order valence-electron chi connectivity index (χ2n) is 7.63. The van der Waals surface area contributed by atoms with Crippen LogP contribution in [0.2, 0.25) is 0 Å². The van der Waals surface area contributed by atoms with Crippen LogP contribution in [0.5, 0.6) is 0 Å². The molecular formula is C25H17F3N4O2. The molecule has 0 saturated carbocycles. The fourth-order valence-corrected chi connectivity index (χ4v) is 3.64. The van der Waals surface area contributed by atoms with E-state index in [0.717, 1.165) is 24.1 Å². The molecule has 3 aromatic carbocycles. The van der Waals surface area contributed by atoms with Crippen LogP contribution in [-0.4, -0.2) is 19.9 Å². The summed E-state index contributed by atoms with van der Waals surface area (Å²) in [6.07, 6.45) is -3.58. The minimum Gasteiger partial charge on any atom is -0.332 e. The normalized spacial score (nSPS) is 11.8.